The van der Waals surface area contributed by atoms with Crippen molar-refractivity contribution in [2.45, 2.75) is 52.6 Å². The monoisotopic (exact) mass is 244 g/mol. The fraction of sp³-hybridized carbons (Fsp3) is 0.833. The van der Waals surface area contributed by atoms with Crippen molar-refractivity contribution in [3.8, 4) is 0 Å². The van der Waals surface area contributed by atoms with Gasteiger partial charge in [0.05, 0.1) is 12.1 Å². The van der Waals surface area contributed by atoms with Gasteiger partial charge in [-0.15, -0.1) is 0 Å². The molecule has 0 fully saturated rings. The van der Waals surface area contributed by atoms with Gasteiger partial charge in [0.2, 0.25) is 5.91 Å². The van der Waals surface area contributed by atoms with E-state index in [1.54, 1.807) is 20.8 Å². The Kier molecular flexibility index (Phi) is 6.16. The number of amides is 1. The average Bonchev–Trinajstić information content (AvgIpc) is 2.14. The molecule has 0 aliphatic rings. The molecular formula is C12H24N2O3. The third kappa shape index (κ3) is 6.26. The molecule has 0 aromatic rings. The summed E-state index contributed by atoms with van der Waals surface area (Å²) >= 11 is 0. The van der Waals surface area contributed by atoms with Gasteiger partial charge in [0.1, 0.15) is 6.04 Å². The summed E-state index contributed by atoms with van der Waals surface area (Å²) in [5.41, 5.74) is 4.67. The molecule has 5 heteroatoms. The van der Waals surface area contributed by atoms with E-state index in [0.717, 1.165) is 0 Å². The highest BCUT2D eigenvalue weighted by Crippen LogP contribution is 2.08. The van der Waals surface area contributed by atoms with E-state index in [-0.39, 0.29) is 11.8 Å². The smallest absolute Gasteiger partial charge is 0.328 e. The molecule has 1 amide bonds. The van der Waals surface area contributed by atoms with E-state index in [2.05, 4.69) is 5.32 Å². The van der Waals surface area contributed by atoms with E-state index in [9.17, 15) is 9.59 Å². The van der Waals surface area contributed by atoms with E-state index >= 15 is 0 Å². The largest absolute Gasteiger partial charge is 0.464 e. The molecule has 0 saturated heterocycles. The summed E-state index contributed by atoms with van der Waals surface area (Å²) in [5, 5.41) is 2.63. The summed E-state index contributed by atoms with van der Waals surface area (Å²) in [6.07, 6.45) is 0.542. The molecule has 1 atom stereocenters. The zero-order valence-corrected chi connectivity index (χ0v) is 11.4. The Morgan fingerprint density at radius 2 is 1.88 bits per heavy atom. The summed E-state index contributed by atoms with van der Waals surface area (Å²) in [6.45, 7) is 9.19. The van der Waals surface area contributed by atoms with Gasteiger partial charge < -0.3 is 15.8 Å². The van der Waals surface area contributed by atoms with Gasteiger partial charge in [-0.05, 0) is 33.1 Å². The van der Waals surface area contributed by atoms with Crippen LogP contribution in [0.1, 0.15) is 41.0 Å². The molecule has 0 aliphatic heterocycles. The third-order valence-electron chi connectivity index (χ3n) is 2.17. The summed E-state index contributed by atoms with van der Waals surface area (Å²) in [4.78, 5) is 23.4. The number of ether oxygens (including phenoxy) is 1. The van der Waals surface area contributed by atoms with E-state index in [1.165, 1.54) is 0 Å². The number of nitrogens with one attached hydrogen (secondary N) is 1. The van der Waals surface area contributed by atoms with Crippen LogP contribution in [0.2, 0.25) is 0 Å². The average molecular weight is 244 g/mol. The van der Waals surface area contributed by atoms with Crippen LogP contribution in [0.3, 0.4) is 0 Å². The summed E-state index contributed by atoms with van der Waals surface area (Å²) in [5.74, 6) is -0.472. The lowest BCUT2D eigenvalue weighted by molar-refractivity contribution is -0.148. The fourth-order valence-corrected chi connectivity index (χ4v) is 1.27. The highest BCUT2D eigenvalue weighted by atomic mass is 16.5. The van der Waals surface area contributed by atoms with Crippen molar-refractivity contribution >= 4 is 11.9 Å². The van der Waals surface area contributed by atoms with Crippen molar-refractivity contribution in [3.63, 3.8) is 0 Å². The van der Waals surface area contributed by atoms with E-state index < -0.39 is 17.6 Å². The first kappa shape index (κ1) is 15.9. The van der Waals surface area contributed by atoms with Crippen molar-refractivity contribution in [1.82, 2.24) is 5.32 Å². The number of carbonyl (C=O) groups excluding carboxylic acids is 2. The Balaban J connectivity index is 4.60. The van der Waals surface area contributed by atoms with Crippen molar-refractivity contribution in [3.05, 3.63) is 0 Å². The fourth-order valence-electron chi connectivity index (χ4n) is 1.27. The minimum Gasteiger partial charge on any atom is -0.464 e. The molecule has 5 nitrogen and oxygen atoms in total. The van der Waals surface area contributed by atoms with Crippen LogP contribution >= 0.6 is 0 Å². The molecule has 0 spiro atoms. The second kappa shape index (κ2) is 6.59. The Morgan fingerprint density at radius 3 is 2.24 bits per heavy atom. The lowest BCUT2D eigenvalue weighted by atomic mass is 10.0. The molecule has 0 bridgehead atoms. The minimum absolute atomic E-state index is 0.283. The highest BCUT2D eigenvalue weighted by Gasteiger charge is 2.29. The van der Waals surface area contributed by atoms with Gasteiger partial charge >= 0.3 is 5.97 Å². The maximum absolute atomic E-state index is 11.7. The summed E-state index contributed by atoms with van der Waals surface area (Å²) < 4.78 is 4.92. The van der Waals surface area contributed by atoms with E-state index in [1.807, 2.05) is 13.8 Å². The number of nitrogens with two attached hydrogens (primary N) is 1. The van der Waals surface area contributed by atoms with Gasteiger partial charge in [-0.1, -0.05) is 13.8 Å². The van der Waals surface area contributed by atoms with Gasteiger partial charge in [0.15, 0.2) is 0 Å². The molecule has 0 heterocycles. The lowest BCUT2D eigenvalue weighted by Gasteiger charge is -2.24. The number of hydrogen-bond acceptors (Lipinski definition) is 4. The SMILES string of the molecule is CCOC(=O)[C@H](CC(C)C)NC(=O)C(C)(C)N. The second-order valence-electron chi connectivity index (χ2n) is 5.13. The molecule has 0 rings (SSSR count). The van der Waals surface area contributed by atoms with Crippen molar-refractivity contribution in [1.29, 1.82) is 0 Å². The van der Waals surface area contributed by atoms with Crippen LogP contribution in [0, 0.1) is 5.92 Å². The second-order valence-corrected chi connectivity index (χ2v) is 5.13. The molecule has 0 aromatic carbocycles. The Labute approximate surface area is 103 Å². The minimum atomic E-state index is -0.998. The van der Waals surface area contributed by atoms with Gasteiger partial charge in [-0.25, -0.2) is 4.79 Å². The first-order valence-electron chi connectivity index (χ1n) is 5.95. The topological polar surface area (TPSA) is 81.4 Å². The molecule has 0 unspecified atom stereocenters. The van der Waals surface area contributed by atoms with Crippen LogP contribution in [-0.4, -0.2) is 30.1 Å². The summed E-state index contributed by atoms with van der Waals surface area (Å²) in [6, 6.07) is -0.620. The predicted molar refractivity (Wildman–Crippen MR) is 66.3 cm³/mol. The maximum atomic E-state index is 11.7. The quantitative estimate of drug-likeness (QED) is 0.678. The summed E-state index contributed by atoms with van der Waals surface area (Å²) in [7, 11) is 0. The molecule has 3 N–H and O–H groups in total. The van der Waals surface area contributed by atoms with Gasteiger partial charge in [0, 0.05) is 0 Å². The molecule has 17 heavy (non-hydrogen) atoms. The first-order chi connectivity index (χ1) is 7.68. The number of carbonyl (C=O) groups is 2. The van der Waals surface area contributed by atoms with Crippen LogP contribution in [0.15, 0.2) is 0 Å². The Hall–Kier alpha value is -1.10. The molecule has 0 saturated carbocycles. The lowest BCUT2D eigenvalue weighted by Crippen LogP contribution is -2.54. The van der Waals surface area contributed by atoms with E-state index in [4.69, 9.17) is 10.5 Å². The number of esters is 1. The molecule has 0 aliphatic carbocycles. The number of hydrogen-bond donors (Lipinski definition) is 2. The first-order valence-corrected chi connectivity index (χ1v) is 5.95. The normalized spacial score (nSPS) is 13.4. The highest BCUT2D eigenvalue weighted by molar-refractivity contribution is 5.89. The van der Waals surface area contributed by atoms with Crippen LogP contribution in [0.4, 0.5) is 0 Å². The zero-order valence-electron chi connectivity index (χ0n) is 11.4. The van der Waals surface area contributed by atoms with Gasteiger partial charge in [-0.2, -0.15) is 0 Å². The van der Waals surface area contributed by atoms with Crippen molar-refractivity contribution < 1.29 is 14.3 Å². The Morgan fingerprint density at radius 1 is 1.35 bits per heavy atom. The zero-order chi connectivity index (χ0) is 13.6. The molecule has 0 aromatic heterocycles. The molecule has 0 radical (unpaired) electrons. The predicted octanol–water partition coefficient (Wildman–Crippen LogP) is 0.818. The van der Waals surface area contributed by atoms with Crippen LogP contribution in [-0.2, 0) is 14.3 Å². The standard InChI is InChI=1S/C12H24N2O3/c1-6-17-10(15)9(7-8(2)3)14-11(16)12(4,5)13/h8-9H,6-7,13H2,1-5H3,(H,14,16)/t9-/m0/s1. The third-order valence-corrected chi connectivity index (χ3v) is 2.17. The van der Waals surface area contributed by atoms with Gasteiger partial charge in [0.25, 0.3) is 0 Å². The number of rotatable bonds is 6. The maximum Gasteiger partial charge on any atom is 0.328 e. The van der Waals surface area contributed by atoms with Crippen LogP contribution < -0.4 is 11.1 Å². The van der Waals surface area contributed by atoms with Crippen molar-refractivity contribution in [2.24, 2.45) is 11.7 Å². The van der Waals surface area contributed by atoms with Crippen molar-refractivity contribution in [2.75, 3.05) is 6.61 Å². The van der Waals surface area contributed by atoms with Gasteiger partial charge in [-0.3, -0.25) is 4.79 Å². The molecule has 100 valence electrons. The van der Waals surface area contributed by atoms with Crippen LogP contribution in [0.5, 0.6) is 0 Å². The molecular weight excluding hydrogens is 220 g/mol. The Bertz CT molecular complexity index is 269. The van der Waals surface area contributed by atoms with Crippen LogP contribution in [0.25, 0.3) is 0 Å². The van der Waals surface area contributed by atoms with E-state index in [0.29, 0.717) is 13.0 Å².